The van der Waals surface area contributed by atoms with E-state index in [4.69, 9.17) is 4.52 Å². The quantitative estimate of drug-likeness (QED) is 0.608. The number of aryl methyl sites for hydroxylation is 2. The highest BCUT2D eigenvalue weighted by Crippen LogP contribution is 2.23. The fourth-order valence-corrected chi connectivity index (χ4v) is 3.94. The number of hydrogen-bond donors (Lipinski definition) is 0. The zero-order valence-electron chi connectivity index (χ0n) is 16.5. The first-order valence-electron chi connectivity index (χ1n) is 10.4. The van der Waals surface area contributed by atoms with Crippen molar-refractivity contribution in [3.63, 3.8) is 0 Å². The Kier molecular flexibility index (Phi) is 6.29. The van der Waals surface area contributed by atoms with Gasteiger partial charge in [-0.1, -0.05) is 35.5 Å². The maximum atomic E-state index is 12.9. The van der Waals surface area contributed by atoms with Crippen LogP contribution in [0.5, 0.6) is 0 Å². The molecule has 0 spiro atoms. The van der Waals surface area contributed by atoms with Gasteiger partial charge >= 0.3 is 0 Å². The second kappa shape index (κ2) is 9.45. The predicted molar refractivity (Wildman–Crippen MR) is 110 cm³/mol. The molecule has 1 aliphatic heterocycles. The van der Waals surface area contributed by atoms with Crippen molar-refractivity contribution in [1.29, 1.82) is 0 Å². The highest BCUT2D eigenvalue weighted by Gasteiger charge is 2.26. The molecule has 3 heterocycles. The molecule has 6 heteroatoms. The van der Waals surface area contributed by atoms with Crippen LogP contribution in [0.1, 0.15) is 43.6 Å². The largest absolute Gasteiger partial charge is 0.340 e. The summed E-state index contributed by atoms with van der Waals surface area (Å²) in [4.78, 5) is 23.4. The third kappa shape index (κ3) is 5.08. The summed E-state index contributed by atoms with van der Waals surface area (Å²) < 4.78 is 5.34. The van der Waals surface area contributed by atoms with Crippen LogP contribution < -0.4 is 0 Å². The van der Waals surface area contributed by atoms with Gasteiger partial charge in [0.05, 0.1) is 0 Å². The summed E-state index contributed by atoms with van der Waals surface area (Å²) in [6.45, 7) is 0.852. The third-order valence-corrected chi connectivity index (χ3v) is 5.52. The lowest BCUT2D eigenvalue weighted by atomic mass is 9.95. The third-order valence-electron chi connectivity index (χ3n) is 5.52. The van der Waals surface area contributed by atoms with Gasteiger partial charge in [0.1, 0.15) is 0 Å². The fourth-order valence-electron chi connectivity index (χ4n) is 3.94. The molecular formula is C23H26N4O2. The molecule has 1 atom stereocenters. The van der Waals surface area contributed by atoms with Gasteiger partial charge in [0.2, 0.25) is 17.6 Å². The standard InChI is InChI=1S/C23H26N4O2/c28-22(12-11-21-25-23(26-29-21)19-13-15-24-16-14-19)27-17-5-4-8-20(27)10-9-18-6-2-1-3-7-18/h1-3,6-7,13-16,20H,4-5,8-12,17H2/t20-/m1/s1. The van der Waals surface area contributed by atoms with E-state index in [1.54, 1.807) is 12.4 Å². The molecule has 1 saturated heterocycles. The number of likely N-dealkylation sites (tertiary alicyclic amines) is 1. The second-order valence-electron chi connectivity index (χ2n) is 7.51. The van der Waals surface area contributed by atoms with Gasteiger partial charge in [-0.2, -0.15) is 4.98 Å². The number of benzene rings is 1. The molecule has 3 aromatic rings. The van der Waals surface area contributed by atoms with E-state index in [2.05, 4.69) is 44.3 Å². The van der Waals surface area contributed by atoms with E-state index < -0.39 is 0 Å². The number of rotatable bonds is 7. The lowest BCUT2D eigenvalue weighted by Crippen LogP contribution is -2.44. The van der Waals surface area contributed by atoms with Crippen LogP contribution in [0.2, 0.25) is 0 Å². The highest BCUT2D eigenvalue weighted by atomic mass is 16.5. The number of pyridine rings is 1. The Hall–Kier alpha value is -3.02. The molecule has 6 nitrogen and oxygen atoms in total. The molecule has 2 aromatic heterocycles. The zero-order valence-corrected chi connectivity index (χ0v) is 16.5. The number of aromatic nitrogens is 3. The van der Waals surface area contributed by atoms with Crippen molar-refractivity contribution in [2.45, 2.75) is 51.0 Å². The maximum Gasteiger partial charge on any atom is 0.227 e. The first-order chi connectivity index (χ1) is 14.3. The van der Waals surface area contributed by atoms with Gasteiger partial charge < -0.3 is 9.42 Å². The summed E-state index contributed by atoms with van der Waals surface area (Å²) in [7, 11) is 0. The first kappa shape index (κ1) is 19.3. The molecule has 150 valence electrons. The molecule has 1 amide bonds. The molecule has 0 radical (unpaired) electrons. The minimum atomic E-state index is 0.187. The van der Waals surface area contributed by atoms with Crippen LogP contribution >= 0.6 is 0 Å². The van der Waals surface area contributed by atoms with Crippen molar-refractivity contribution in [2.75, 3.05) is 6.54 Å². The number of hydrogen-bond acceptors (Lipinski definition) is 5. The van der Waals surface area contributed by atoms with Gasteiger partial charge in [0.15, 0.2) is 0 Å². The smallest absolute Gasteiger partial charge is 0.227 e. The molecule has 0 N–H and O–H groups in total. The number of nitrogens with zero attached hydrogens (tertiary/aromatic N) is 4. The zero-order chi connectivity index (χ0) is 19.9. The molecular weight excluding hydrogens is 364 g/mol. The number of piperidine rings is 1. The predicted octanol–water partition coefficient (Wildman–Crippen LogP) is 4.08. The summed E-state index contributed by atoms with van der Waals surface area (Å²) in [6, 6.07) is 14.5. The Balaban J connectivity index is 1.32. The van der Waals surface area contributed by atoms with Gasteiger partial charge in [0.25, 0.3) is 0 Å². The monoisotopic (exact) mass is 390 g/mol. The van der Waals surface area contributed by atoms with Gasteiger partial charge in [-0.05, 0) is 49.8 Å². The second-order valence-corrected chi connectivity index (χ2v) is 7.51. The van der Waals surface area contributed by atoms with Crippen LogP contribution in [0.4, 0.5) is 0 Å². The van der Waals surface area contributed by atoms with Gasteiger partial charge in [-0.3, -0.25) is 9.78 Å². The minimum Gasteiger partial charge on any atom is -0.340 e. The summed E-state index contributed by atoms with van der Waals surface area (Å²) in [5.74, 6) is 1.22. The van der Waals surface area contributed by atoms with Crippen molar-refractivity contribution < 1.29 is 9.32 Å². The van der Waals surface area contributed by atoms with E-state index in [0.29, 0.717) is 30.6 Å². The van der Waals surface area contributed by atoms with Gasteiger partial charge in [-0.25, -0.2) is 0 Å². The van der Waals surface area contributed by atoms with E-state index in [1.807, 2.05) is 18.2 Å². The van der Waals surface area contributed by atoms with E-state index >= 15 is 0 Å². The Morgan fingerprint density at radius 2 is 1.90 bits per heavy atom. The minimum absolute atomic E-state index is 0.187. The number of amides is 1. The Labute approximate surface area is 171 Å². The Morgan fingerprint density at radius 3 is 2.72 bits per heavy atom. The molecule has 0 saturated carbocycles. The normalized spacial score (nSPS) is 16.7. The van der Waals surface area contributed by atoms with E-state index in [0.717, 1.165) is 37.8 Å². The Bertz CT molecular complexity index is 911. The lowest BCUT2D eigenvalue weighted by Gasteiger charge is -2.36. The molecule has 29 heavy (non-hydrogen) atoms. The van der Waals surface area contributed by atoms with Crippen molar-refractivity contribution in [3.05, 3.63) is 66.3 Å². The van der Waals surface area contributed by atoms with E-state index in [1.165, 1.54) is 12.0 Å². The average Bonchev–Trinajstić information content (AvgIpc) is 3.27. The average molecular weight is 390 g/mol. The van der Waals surface area contributed by atoms with E-state index in [9.17, 15) is 4.79 Å². The fraction of sp³-hybridized carbons (Fsp3) is 0.391. The number of carbonyl (C=O) groups excluding carboxylic acids is 1. The summed E-state index contributed by atoms with van der Waals surface area (Å²) in [6.07, 6.45) is 9.66. The van der Waals surface area contributed by atoms with Crippen LogP contribution in [0, 0.1) is 0 Å². The lowest BCUT2D eigenvalue weighted by molar-refractivity contribution is -0.135. The van der Waals surface area contributed by atoms with Crippen molar-refractivity contribution in [2.24, 2.45) is 0 Å². The molecule has 0 bridgehead atoms. The summed E-state index contributed by atoms with van der Waals surface area (Å²) in [5, 5.41) is 4.02. The highest BCUT2D eigenvalue weighted by molar-refractivity contribution is 5.76. The van der Waals surface area contributed by atoms with Crippen molar-refractivity contribution in [1.82, 2.24) is 20.0 Å². The summed E-state index contributed by atoms with van der Waals surface area (Å²) in [5.41, 5.74) is 2.19. The van der Waals surface area contributed by atoms with Crippen molar-refractivity contribution >= 4 is 5.91 Å². The number of carbonyl (C=O) groups is 1. The molecule has 1 fully saturated rings. The van der Waals surface area contributed by atoms with Gasteiger partial charge in [-0.15, -0.1) is 0 Å². The topological polar surface area (TPSA) is 72.1 Å². The molecule has 1 aliphatic rings. The Morgan fingerprint density at radius 1 is 1.07 bits per heavy atom. The maximum absolute atomic E-state index is 12.9. The molecule has 0 aliphatic carbocycles. The SMILES string of the molecule is O=C(CCc1nc(-c2ccncc2)no1)N1CCCC[C@@H]1CCc1ccccc1. The molecule has 1 aromatic carbocycles. The van der Waals surface area contributed by atoms with Crippen molar-refractivity contribution in [3.8, 4) is 11.4 Å². The molecule has 4 rings (SSSR count). The van der Waals surface area contributed by atoms with Crippen LogP contribution in [0.15, 0.2) is 59.4 Å². The van der Waals surface area contributed by atoms with Gasteiger partial charge in [0, 0.05) is 43.4 Å². The van der Waals surface area contributed by atoms with Crippen LogP contribution in [-0.2, 0) is 17.6 Å². The van der Waals surface area contributed by atoms with Crippen LogP contribution in [0.25, 0.3) is 11.4 Å². The first-order valence-corrected chi connectivity index (χ1v) is 10.4. The molecule has 0 unspecified atom stereocenters. The van der Waals surface area contributed by atoms with Crippen LogP contribution in [-0.4, -0.2) is 38.5 Å². The summed E-state index contributed by atoms with van der Waals surface area (Å²) >= 11 is 0. The van der Waals surface area contributed by atoms with Crippen LogP contribution in [0.3, 0.4) is 0 Å². The van der Waals surface area contributed by atoms with E-state index in [-0.39, 0.29) is 5.91 Å².